The van der Waals surface area contributed by atoms with Crippen molar-refractivity contribution in [1.29, 1.82) is 0 Å². The number of nitrogen functional groups attached to an aromatic ring is 1. The Morgan fingerprint density at radius 2 is 1.66 bits per heavy atom. The van der Waals surface area contributed by atoms with Crippen molar-refractivity contribution in [3.63, 3.8) is 0 Å². The van der Waals surface area contributed by atoms with Gasteiger partial charge in [-0.25, -0.2) is 24.5 Å². The molecule has 24 nitrogen and oxygen atoms in total. The van der Waals surface area contributed by atoms with E-state index in [-0.39, 0.29) is 34.0 Å². The molecule has 254 valence electrons. The smallest absolute Gasteiger partial charge is 0.387 e. The number of rotatable bonds is 11. The number of phosphoric ester groups is 1. The number of amides is 1. The van der Waals surface area contributed by atoms with Gasteiger partial charge in [0, 0.05) is 0 Å². The van der Waals surface area contributed by atoms with Crippen molar-refractivity contribution in [3.05, 3.63) is 35.0 Å². The number of hydrogen-bond acceptors (Lipinski definition) is 18. The molecule has 0 spiro atoms. The third kappa shape index (κ3) is 6.29. The Labute approximate surface area is 260 Å². The predicted octanol–water partition coefficient (Wildman–Crippen LogP) is -3.58. The number of phosphoric acid groups is 1. The molecule has 0 bridgehead atoms. The molecule has 2 saturated heterocycles. The Bertz CT molecular complexity index is 1950. The molecule has 0 aromatic carbocycles. The normalized spacial score (nSPS) is 29.8. The van der Waals surface area contributed by atoms with Gasteiger partial charge in [-0.1, -0.05) is 0 Å². The van der Waals surface area contributed by atoms with E-state index in [4.69, 9.17) is 34.9 Å². The first kappa shape index (κ1) is 33.1. The molecule has 2 aliphatic heterocycles. The summed E-state index contributed by atoms with van der Waals surface area (Å²) in [6.07, 6.45) is -9.37. The lowest BCUT2D eigenvalue weighted by Gasteiger charge is -2.25. The highest BCUT2D eigenvalue weighted by molar-refractivity contribution is 7.47. The Balaban J connectivity index is 1.20. The van der Waals surface area contributed by atoms with E-state index in [1.54, 1.807) is 0 Å². The van der Waals surface area contributed by atoms with Gasteiger partial charge in [0.05, 0.1) is 25.9 Å². The molecule has 4 aromatic rings. The Morgan fingerprint density at radius 3 is 2.36 bits per heavy atom. The lowest BCUT2D eigenvalue weighted by atomic mass is 10.1. The summed E-state index contributed by atoms with van der Waals surface area (Å²) in [7, 11) is -8.67. The molecule has 0 saturated carbocycles. The summed E-state index contributed by atoms with van der Waals surface area (Å²) >= 11 is 0. The summed E-state index contributed by atoms with van der Waals surface area (Å²) < 4.78 is 52.9. The molecule has 10 atom stereocenters. The van der Waals surface area contributed by atoms with Crippen LogP contribution in [0, 0.1) is 0 Å². The van der Waals surface area contributed by atoms with Crippen LogP contribution in [-0.4, -0.2) is 120 Å². The van der Waals surface area contributed by atoms with Crippen LogP contribution in [0.2, 0.25) is 0 Å². The van der Waals surface area contributed by atoms with E-state index < -0.39 is 89.8 Å². The number of H-pyrrole nitrogens is 1. The molecule has 2 aliphatic rings. The number of aliphatic hydroxyl groups excluding tert-OH is 3. The van der Waals surface area contributed by atoms with E-state index in [1.165, 1.54) is 4.57 Å². The zero-order chi connectivity index (χ0) is 33.8. The average Bonchev–Trinajstić information content (AvgIpc) is 3.76. The zero-order valence-electron chi connectivity index (χ0n) is 23.4. The lowest BCUT2D eigenvalue weighted by molar-refractivity contribution is -0.0609. The first-order valence-corrected chi connectivity index (χ1v) is 16.1. The van der Waals surface area contributed by atoms with Crippen LogP contribution in [0.15, 0.2) is 23.8 Å². The first-order chi connectivity index (χ1) is 22.3. The molecule has 6 rings (SSSR count). The number of primary amides is 1. The van der Waals surface area contributed by atoms with Crippen LogP contribution in [0.4, 0.5) is 5.95 Å². The maximum Gasteiger partial charge on any atom is 0.472 e. The molecule has 1 amide bonds. The first-order valence-electron chi connectivity index (χ1n) is 13.3. The van der Waals surface area contributed by atoms with Crippen molar-refractivity contribution < 1.29 is 62.1 Å². The lowest BCUT2D eigenvalue weighted by Crippen LogP contribution is -2.36. The van der Waals surface area contributed by atoms with Crippen LogP contribution < -0.4 is 17.0 Å². The quantitative estimate of drug-likeness (QED) is 0.0699. The fourth-order valence-electron chi connectivity index (χ4n) is 5.14. The Kier molecular flexibility index (Phi) is 8.94. The second-order valence-corrected chi connectivity index (χ2v) is 12.4. The van der Waals surface area contributed by atoms with Gasteiger partial charge in [0.25, 0.3) is 11.5 Å². The minimum absolute atomic E-state index is 0.00603. The highest BCUT2D eigenvalue weighted by Crippen LogP contribution is 2.50. The number of aliphatic hydroxyl groups is 3. The molecule has 2 fully saturated rings. The van der Waals surface area contributed by atoms with Gasteiger partial charge in [0.15, 0.2) is 35.0 Å². The van der Waals surface area contributed by atoms with E-state index in [0.717, 1.165) is 23.5 Å². The number of ether oxygens (including phenoxy) is 2. The molecule has 2 unspecified atom stereocenters. The fourth-order valence-corrected chi connectivity index (χ4v) is 6.38. The Morgan fingerprint density at radius 1 is 1.00 bits per heavy atom. The molecule has 6 heterocycles. The third-order valence-electron chi connectivity index (χ3n) is 7.27. The Hall–Kier alpha value is -3.77. The van der Waals surface area contributed by atoms with E-state index in [2.05, 4.69) is 34.4 Å². The van der Waals surface area contributed by atoms with Gasteiger partial charge in [0.1, 0.15) is 48.5 Å². The summed E-state index contributed by atoms with van der Waals surface area (Å²) in [4.78, 5) is 65.6. The second kappa shape index (κ2) is 12.7. The molecular weight excluding hydrogens is 678 g/mol. The van der Waals surface area contributed by atoms with Gasteiger partial charge in [0.2, 0.25) is 5.95 Å². The molecule has 0 aliphatic carbocycles. The van der Waals surface area contributed by atoms with Gasteiger partial charge >= 0.3 is 16.1 Å². The van der Waals surface area contributed by atoms with E-state index in [0.29, 0.717) is 0 Å². The van der Waals surface area contributed by atoms with Crippen LogP contribution in [0.25, 0.3) is 22.3 Å². The van der Waals surface area contributed by atoms with Crippen LogP contribution >= 0.6 is 16.1 Å². The maximum atomic E-state index is 13.1. The minimum atomic E-state index is -5.19. The number of carbonyl (C=O) groups excluding carboxylic acids is 1. The summed E-state index contributed by atoms with van der Waals surface area (Å²) in [5.41, 5.74) is 9.68. The molecule has 0 radical (unpaired) electrons. The number of hydrogen-bond donors (Lipinski definition) is 8. The number of imidazole rings is 2. The largest absolute Gasteiger partial charge is 0.472 e. The van der Waals surface area contributed by atoms with Crippen LogP contribution in [-0.2, 0) is 32.2 Å². The van der Waals surface area contributed by atoms with Crippen molar-refractivity contribution in [1.82, 2.24) is 39.0 Å². The standard InChI is InChI=1S/C21H26N10O14P2/c22-15(35)8-9-16(25-3-24-8)30(4-26-9)19-13(34)11(32)7(43-19)2-42-47(39,40)45-14-12(33)6(1-41-46(37)38)44-20(14)31-5-27-10-17(31)28-21(23)29-18(10)36/h3-7,11-14,19-20,32-34,46H,1-2H2,(H2,22,35)(H,37,38)(H,39,40)(H3,23,28,29,36)/t6-,7-,11-,12-,13-,14-,19-,20-/m1/s1. The molecule has 47 heavy (non-hydrogen) atoms. The summed E-state index contributed by atoms with van der Waals surface area (Å²) in [5.74, 6) is -1.20. The number of nitrogens with one attached hydrogen (secondary N) is 1. The summed E-state index contributed by atoms with van der Waals surface area (Å²) in [6, 6.07) is 0. The second-order valence-electron chi connectivity index (χ2n) is 10.2. The minimum Gasteiger partial charge on any atom is -0.387 e. The van der Waals surface area contributed by atoms with Crippen molar-refractivity contribution in [2.45, 2.75) is 49.1 Å². The van der Waals surface area contributed by atoms with Crippen LogP contribution in [0.1, 0.15) is 22.9 Å². The molecular formula is C21H26N10O14P2. The summed E-state index contributed by atoms with van der Waals surface area (Å²) in [6.45, 7) is -1.49. The van der Waals surface area contributed by atoms with Crippen molar-refractivity contribution in [3.8, 4) is 0 Å². The number of fused-ring (bicyclic) bond motifs is 2. The fraction of sp³-hybridized carbons (Fsp3) is 0.476. The van der Waals surface area contributed by atoms with Gasteiger partial charge in [-0.15, -0.1) is 0 Å². The SMILES string of the molecule is NC(=O)c1ncnc2c1ncn2[C@@H]1O[C@H](COP(=O)(O)O[C@@H]2[C@H](O)[C@@H](CO[PH](=O)O)O[C@H]2n2cnc3c(=O)[nH]c(N)nc32)[C@@H](O)[C@H]1O. The molecule has 4 aromatic heterocycles. The van der Waals surface area contributed by atoms with Crippen LogP contribution in [0.5, 0.6) is 0 Å². The molecule has 26 heteroatoms. The predicted molar refractivity (Wildman–Crippen MR) is 150 cm³/mol. The van der Waals surface area contributed by atoms with Gasteiger partial charge < -0.3 is 50.6 Å². The van der Waals surface area contributed by atoms with Gasteiger partial charge in [-0.05, 0) is 0 Å². The van der Waals surface area contributed by atoms with Crippen molar-refractivity contribution in [2.24, 2.45) is 5.73 Å². The highest BCUT2D eigenvalue weighted by Gasteiger charge is 2.51. The monoisotopic (exact) mass is 704 g/mol. The third-order valence-corrected chi connectivity index (χ3v) is 8.67. The van der Waals surface area contributed by atoms with E-state index >= 15 is 0 Å². The number of aromatic amines is 1. The van der Waals surface area contributed by atoms with E-state index in [1.807, 2.05) is 0 Å². The average molecular weight is 704 g/mol. The number of aromatic nitrogens is 8. The van der Waals surface area contributed by atoms with E-state index in [9.17, 15) is 38.9 Å². The van der Waals surface area contributed by atoms with Crippen molar-refractivity contribution >= 4 is 50.3 Å². The number of carbonyl (C=O) groups is 1. The topological polar surface area (TPSA) is 358 Å². The molecule has 10 N–H and O–H groups in total. The van der Waals surface area contributed by atoms with Gasteiger partial charge in [-0.3, -0.25) is 37.3 Å². The maximum absolute atomic E-state index is 13.1. The number of nitrogens with zero attached hydrogens (tertiary/aromatic N) is 7. The summed E-state index contributed by atoms with van der Waals surface area (Å²) in [5, 5.41) is 32.3. The number of anilines is 1. The van der Waals surface area contributed by atoms with Crippen LogP contribution in [0.3, 0.4) is 0 Å². The van der Waals surface area contributed by atoms with Crippen molar-refractivity contribution in [2.75, 3.05) is 18.9 Å². The highest BCUT2D eigenvalue weighted by atomic mass is 31.2. The zero-order valence-corrected chi connectivity index (χ0v) is 25.3. The number of nitrogens with two attached hydrogens (primary N) is 2. The van der Waals surface area contributed by atoms with Gasteiger partial charge in [-0.2, -0.15) is 4.98 Å².